The molecule has 0 saturated carbocycles. The SMILES string of the molecule is COCC(C)CC(=O)Cc1cc(F)cc(F)c1. The summed E-state index contributed by atoms with van der Waals surface area (Å²) < 4.78 is 30.7. The van der Waals surface area contributed by atoms with Gasteiger partial charge in [0.15, 0.2) is 0 Å². The molecular formula is C13H16F2O2. The minimum atomic E-state index is -0.655. The fourth-order valence-corrected chi connectivity index (χ4v) is 1.74. The van der Waals surface area contributed by atoms with Crippen LogP contribution in [0, 0.1) is 17.6 Å². The van der Waals surface area contributed by atoms with Gasteiger partial charge in [-0.1, -0.05) is 6.92 Å². The largest absolute Gasteiger partial charge is 0.384 e. The molecule has 1 aromatic carbocycles. The van der Waals surface area contributed by atoms with E-state index in [-0.39, 0.29) is 18.1 Å². The first kappa shape index (κ1) is 13.8. The third kappa shape index (κ3) is 5.04. The zero-order chi connectivity index (χ0) is 12.8. The number of Topliss-reactive ketones (excluding diaryl/α,β-unsaturated/α-hetero) is 1. The Morgan fingerprint density at radius 2 is 1.88 bits per heavy atom. The monoisotopic (exact) mass is 242 g/mol. The van der Waals surface area contributed by atoms with Gasteiger partial charge in [0.2, 0.25) is 0 Å². The highest BCUT2D eigenvalue weighted by Crippen LogP contribution is 2.11. The van der Waals surface area contributed by atoms with Gasteiger partial charge in [-0.3, -0.25) is 4.79 Å². The molecule has 0 amide bonds. The average Bonchev–Trinajstić information content (AvgIpc) is 2.14. The topological polar surface area (TPSA) is 26.3 Å². The van der Waals surface area contributed by atoms with Crippen LogP contribution in [0.3, 0.4) is 0 Å². The van der Waals surface area contributed by atoms with Crippen LogP contribution in [0.5, 0.6) is 0 Å². The summed E-state index contributed by atoms with van der Waals surface area (Å²) in [7, 11) is 1.57. The molecule has 0 aliphatic carbocycles. The lowest BCUT2D eigenvalue weighted by Gasteiger charge is -2.09. The van der Waals surface area contributed by atoms with Crippen molar-refractivity contribution < 1.29 is 18.3 Å². The normalized spacial score (nSPS) is 12.5. The molecule has 17 heavy (non-hydrogen) atoms. The molecule has 0 aromatic heterocycles. The molecule has 0 spiro atoms. The van der Waals surface area contributed by atoms with Crippen LogP contribution < -0.4 is 0 Å². The van der Waals surface area contributed by atoms with E-state index in [0.717, 1.165) is 6.07 Å². The van der Waals surface area contributed by atoms with Gasteiger partial charge in [0.05, 0.1) is 0 Å². The Balaban J connectivity index is 2.56. The highest BCUT2D eigenvalue weighted by molar-refractivity contribution is 5.81. The number of benzene rings is 1. The Hall–Kier alpha value is -1.29. The van der Waals surface area contributed by atoms with Crippen LogP contribution in [0.2, 0.25) is 0 Å². The zero-order valence-corrected chi connectivity index (χ0v) is 10.0. The molecule has 0 N–H and O–H groups in total. The van der Waals surface area contributed by atoms with Crippen LogP contribution >= 0.6 is 0 Å². The maximum absolute atomic E-state index is 12.9. The van der Waals surface area contributed by atoms with Gasteiger partial charge in [-0.25, -0.2) is 8.78 Å². The van der Waals surface area contributed by atoms with E-state index in [1.54, 1.807) is 7.11 Å². The Bertz CT molecular complexity index is 371. The minimum absolute atomic E-state index is 0.0421. The second kappa shape index (κ2) is 6.45. The van der Waals surface area contributed by atoms with Crippen molar-refractivity contribution in [1.29, 1.82) is 0 Å². The number of hydrogen-bond donors (Lipinski definition) is 0. The summed E-state index contributed by atoms with van der Waals surface area (Å²) in [6, 6.07) is 3.16. The van der Waals surface area contributed by atoms with Gasteiger partial charge >= 0.3 is 0 Å². The molecule has 1 atom stereocenters. The molecule has 0 aliphatic rings. The van der Waals surface area contributed by atoms with Crippen molar-refractivity contribution in [2.45, 2.75) is 19.8 Å². The third-order valence-corrected chi connectivity index (χ3v) is 2.35. The highest BCUT2D eigenvalue weighted by Gasteiger charge is 2.11. The second-order valence-corrected chi connectivity index (χ2v) is 4.26. The maximum atomic E-state index is 12.9. The van der Waals surface area contributed by atoms with Crippen molar-refractivity contribution in [2.24, 2.45) is 5.92 Å². The average molecular weight is 242 g/mol. The summed E-state index contributed by atoms with van der Waals surface area (Å²) in [6.45, 7) is 2.40. The lowest BCUT2D eigenvalue weighted by molar-refractivity contribution is -0.119. The smallest absolute Gasteiger partial charge is 0.137 e. The van der Waals surface area contributed by atoms with E-state index in [2.05, 4.69) is 0 Å². The van der Waals surface area contributed by atoms with Crippen molar-refractivity contribution in [3.63, 3.8) is 0 Å². The molecule has 1 rings (SSSR count). The van der Waals surface area contributed by atoms with Crippen molar-refractivity contribution in [1.82, 2.24) is 0 Å². The first-order chi connectivity index (χ1) is 8.01. The minimum Gasteiger partial charge on any atom is -0.384 e. The summed E-state index contributed by atoms with van der Waals surface area (Å²) in [5.41, 5.74) is 0.372. The van der Waals surface area contributed by atoms with E-state index in [1.807, 2.05) is 6.92 Å². The summed E-state index contributed by atoms with van der Waals surface area (Å²) in [5.74, 6) is -1.24. The molecule has 94 valence electrons. The molecule has 0 radical (unpaired) electrons. The number of halogens is 2. The Labute approximate surface area is 99.6 Å². The highest BCUT2D eigenvalue weighted by atomic mass is 19.1. The fourth-order valence-electron chi connectivity index (χ4n) is 1.74. The lowest BCUT2D eigenvalue weighted by atomic mass is 10.0. The van der Waals surface area contributed by atoms with Crippen LogP contribution in [0.25, 0.3) is 0 Å². The number of ether oxygens (including phenoxy) is 1. The van der Waals surface area contributed by atoms with Gasteiger partial charge in [-0.05, 0) is 23.6 Å². The van der Waals surface area contributed by atoms with Crippen LogP contribution in [0.4, 0.5) is 8.78 Å². The van der Waals surface area contributed by atoms with Gasteiger partial charge in [0, 0.05) is 32.6 Å². The second-order valence-electron chi connectivity index (χ2n) is 4.26. The number of hydrogen-bond acceptors (Lipinski definition) is 2. The molecule has 0 fully saturated rings. The quantitative estimate of drug-likeness (QED) is 0.766. The van der Waals surface area contributed by atoms with E-state index >= 15 is 0 Å². The summed E-state index contributed by atoms with van der Waals surface area (Å²) in [5, 5.41) is 0. The lowest BCUT2D eigenvalue weighted by Crippen LogP contribution is -2.12. The van der Waals surface area contributed by atoms with Gasteiger partial charge in [0.25, 0.3) is 0 Å². The molecule has 0 heterocycles. The van der Waals surface area contributed by atoms with Crippen LogP contribution in [0.1, 0.15) is 18.9 Å². The van der Waals surface area contributed by atoms with E-state index < -0.39 is 11.6 Å². The molecule has 0 bridgehead atoms. The van der Waals surface area contributed by atoms with Gasteiger partial charge < -0.3 is 4.74 Å². The molecule has 1 aromatic rings. The van der Waals surface area contributed by atoms with Crippen LogP contribution in [-0.4, -0.2) is 19.5 Å². The predicted octanol–water partition coefficient (Wildman–Crippen LogP) is 2.75. The van der Waals surface area contributed by atoms with Gasteiger partial charge in [-0.2, -0.15) is 0 Å². The maximum Gasteiger partial charge on any atom is 0.137 e. The standard InChI is InChI=1S/C13H16F2O2/c1-9(8-17-2)3-13(16)6-10-4-11(14)7-12(15)5-10/h4-5,7,9H,3,6,8H2,1-2H3. The number of carbonyl (C=O) groups is 1. The first-order valence-electron chi connectivity index (χ1n) is 5.47. The Morgan fingerprint density at radius 1 is 1.29 bits per heavy atom. The Kier molecular flexibility index (Phi) is 5.22. The Morgan fingerprint density at radius 3 is 2.41 bits per heavy atom. The van der Waals surface area contributed by atoms with E-state index in [0.29, 0.717) is 18.6 Å². The van der Waals surface area contributed by atoms with E-state index in [1.165, 1.54) is 12.1 Å². The van der Waals surface area contributed by atoms with Crippen molar-refractivity contribution in [3.05, 3.63) is 35.4 Å². The molecule has 0 aliphatic heterocycles. The van der Waals surface area contributed by atoms with Crippen LogP contribution in [-0.2, 0) is 16.0 Å². The van der Waals surface area contributed by atoms with Crippen LogP contribution in [0.15, 0.2) is 18.2 Å². The molecule has 1 unspecified atom stereocenters. The predicted molar refractivity (Wildman–Crippen MR) is 60.7 cm³/mol. The first-order valence-corrected chi connectivity index (χ1v) is 5.47. The summed E-state index contributed by atoms with van der Waals surface area (Å²) in [4.78, 5) is 11.6. The van der Waals surface area contributed by atoms with Gasteiger partial charge in [0.1, 0.15) is 17.4 Å². The zero-order valence-electron chi connectivity index (χ0n) is 10.0. The molecule has 2 nitrogen and oxygen atoms in total. The summed E-state index contributed by atoms with van der Waals surface area (Å²) in [6.07, 6.45) is 0.411. The number of methoxy groups -OCH3 is 1. The van der Waals surface area contributed by atoms with Crippen molar-refractivity contribution in [2.75, 3.05) is 13.7 Å². The van der Waals surface area contributed by atoms with Crippen molar-refractivity contribution in [3.8, 4) is 0 Å². The van der Waals surface area contributed by atoms with Crippen molar-refractivity contribution >= 4 is 5.78 Å². The van der Waals surface area contributed by atoms with E-state index in [9.17, 15) is 13.6 Å². The molecule has 4 heteroatoms. The number of carbonyl (C=O) groups excluding carboxylic acids is 1. The molecular weight excluding hydrogens is 226 g/mol. The van der Waals surface area contributed by atoms with E-state index in [4.69, 9.17) is 4.74 Å². The van der Waals surface area contributed by atoms with Gasteiger partial charge in [-0.15, -0.1) is 0 Å². The third-order valence-electron chi connectivity index (χ3n) is 2.35. The fraction of sp³-hybridized carbons (Fsp3) is 0.462. The summed E-state index contributed by atoms with van der Waals surface area (Å²) >= 11 is 0. The molecule has 0 saturated heterocycles. The number of ketones is 1. The number of rotatable bonds is 6.